The molecule has 1 saturated carbocycles. The van der Waals surface area contributed by atoms with Gasteiger partial charge in [0.05, 0.1) is 12.2 Å². The molecule has 0 saturated heterocycles. The fourth-order valence-electron chi connectivity index (χ4n) is 2.42. The van der Waals surface area contributed by atoms with Crippen molar-refractivity contribution in [3.05, 3.63) is 0 Å². The highest BCUT2D eigenvalue weighted by atomic mass is 16.5. The van der Waals surface area contributed by atoms with Crippen LogP contribution in [0.1, 0.15) is 39.5 Å². The lowest BCUT2D eigenvalue weighted by Gasteiger charge is -2.37. The zero-order chi connectivity index (χ0) is 9.84. The van der Waals surface area contributed by atoms with E-state index in [0.29, 0.717) is 11.8 Å². The van der Waals surface area contributed by atoms with Gasteiger partial charge in [0.2, 0.25) is 0 Å². The molecule has 1 aliphatic carbocycles. The van der Waals surface area contributed by atoms with Crippen LogP contribution in [-0.2, 0) is 4.74 Å². The maximum atomic E-state index is 9.76. The summed E-state index contributed by atoms with van der Waals surface area (Å²) in [6, 6.07) is 0. The Balaban J connectivity index is 2.58. The second-order valence-corrected chi connectivity index (χ2v) is 4.25. The van der Waals surface area contributed by atoms with Crippen LogP contribution in [0.25, 0.3) is 0 Å². The molecule has 1 aliphatic rings. The van der Waals surface area contributed by atoms with Crippen LogP contribution >= 0.6 is 0 Å². The first-order chi connectivity index (χ1) is 6.20. The van der Waals surface area contributed by atoms with E-state index in [1.54, 1.807) is 7.11 Å². The van der Waals surface area contributed by atoms with Crippen molar-refractivity contribution >= 4 is 0 Å². The molecular weight excluding hydrogens is 164 g/mol. The molecule has 0 aliphatic heterocycles. The van der Waals surface area contributed by atoms with Gasteiger partial charge in [0.1, 0.15) is 0 Å². The summed E-state index contributed by atoms with van der Waals surface area (Å²) in [4.78, 5) is 0. The van der Waals surface area contributed by atoms with Gasteiger partial charge < -0.3 is 9.84 Å². The van der Waals surface area contributed by atoms with E-state index in [9.17, 15) is 5.11 Å². The predicted molar refractivity (Wildman–Crippen MR) is 53.6 cm³/mol. The van der Waals surface area contributed by atoms with Crippen molar-refractivity contribution in [2.24, 2.45) is 11.8 Å². The fraction of sp³-hybridized carbons (Fsp3) is 1.00. The fourth-order valence-corrected chi connectivity index (χ4v) is 2.42. The molecular formula is C11H22O2. The van der Waals surface area contributed by atoms with Crippen molar-refractivity contribution in [2.45, 2.75) is 51.7 Å². The molecule has 0 aromatic heterocycles. The summed E-state index contributed by atoms with van der Waals surface area (Å²) in [6.45, 7) is 4.47. The van der Waals surface area contributed by atoms with E-state index in [0.717, 1.165) is 12.8 Å². The number of hydrogen-bond donors (Lipinski definition) is 1. The van der Waals surface area contributed by atoms with Crippen LogP contribution in [0.5, 0.6) is 0 Å². The monoisotopic (exact) mass is 186 g/mol. The molecule has 0 spiro atoms. The van der Waals surface area contributed by atoms with Gasteiger partial charge in [0.15, 0.2) is 0 Å². The smallest absolute Gasteiger partial charge is 0.0860 e. The van der Waals surface area contributed by atoms with Gasteiger partial charge in [-0.3, -0.25) is 0 Å². The summed E-state index contributed by atoms with van der Waals surface area (Å²) < 4.78 is 5.39. The molecule has 0 radical (unpaired) electrons. The molecule has 4 atom stereocenters. The van der Waals surface area contributed by atoms with Gasteiger partial charge in [-0.2, -0.15) is 0 Å². The number of ether oxygens (including phenoxy) is 1. The van der Waals surface area contributed by atoms with Crippen LogP contribution in [0.15, 0.2) is 0 Å². The lowest BCUT2D eigenvalue weighted by Crippen LogP contribution is -2.41. The van der Waals surface area contributed by atoms with Gasteiger partial charge in [-0.25, -0.2) is 0 Å². The van der Waals surface area contributed by atoms with Crippen molar-refractivity contribution in [3.63, 3.8) is 0 Å². The molecule has 2 nitrogen and oxygen atoms in total. The molecule has 0 bridgehead atoms. The van der Waals surface area contributed by atoms with E-state index in [2.05, 4.69) is 13.8 Å². The van der Waals surface area contributed by atoms with Crippen molar-refractivity contribution in [1.29, 1.82) is 0 Å². The number of rotatable bonds is 3. The Morgan fingerprint density at radius 2 is 2.15 bits per heavy atom. The Hall–Kier alpha value is -0.0800. The molecule has 0 amide bonds. The second-order valence-electron chi connectivity index (χ2n) is 4.25. The number of aliphatic hydroxyl groups excluding tert-OH is 1. The van der Waals surface area contributed by atoms with Crippen LogP contribution in [0, 0.1) is 11.8 Å². The molecule has 1 rings (SSSR count). The van der Waals surface area contributed by atoms with Crippen LogP contribution in [0.4, 0.5) is 0 Å². The number of aliphatic hydroxyl groups is 1. The zero-order valence-electron chi connectivity index (χ0n) is 8.99. The summed E-state index contributed by atoms with van der Waals surface area (Å²) in [7, 11) is 1.72. The SMILES string of the molecule is CCC(C)C1CCCC(O)C1OC. The van der Waals surface area contributed by atoms with Gasteiger partial charge in [-0.15, -0.1) is 0 Å². The normalized spacial score (nSPS) is 37.4. The Morgan fingerprint density at radius 3 is 2.69 bits per heavy atom. The van der Waals surface area contributed by atoms with Crippen molar-refractivity contribution < 1.29 is 9.84 Å². The summed E-state index contributed by atoms with van der Waals surface area (Å²) in [5.74, 6) is 1.22. The second kappa shape index (κ2) is 4.97. The van der Waals surface area contributed by atoms with Gasteiger partial charge in [-0.05, 0) is 24.7 Å². The molecule has 1 N–H and O–H groups in total. The highest BCUT2D eigenvalue weighted by molar-refractivity contribution is 4.85. The molecule has 0 aromatic carbocycles. The zero-order valence-corrected chi connectivity index (χ0v) is 8.99. The van der Waals surface area contributed by atoms with E-state index in [-0.39, 0.29) is 12.2 Å². The predicted octanol–water partition coefficient (Wildman–Crippen LogP) is 2.21. The average molecular weight is 186 g/mol. The molecule has 0 aromatic rings. The molecule has 1 fully saturated rings. The first-order valence-electron chi connectivity index (χ1n) is 5.41. The third-order valence-corrected chi connectivity index (χ3v) is 3.49. The summed E-state index contributed by atoms with van der Waals surface area (Å²) in [5, 5.41) is 9.76. The van der Waals surface area contributed by atoms with Crippen molar-refractivity contribution in [2.75, 3.05) is 7.11 Å². The Bertz CT molecular complexity index is 147. The summed E-state index contributed by atoms with van der Waals surface area (Å²) >= 11 is 0. The quantitative estimate of drug-likeness (QED) is 0.732. The number of hydrogen-bond acceptors (Lipinski definition) is 2. The maximum absolute atomic E-state index is 9.76. The molecule has 13 heavy (non-hydrogen) atoms. The minimum atomic E-state index is -0.238. The third-order valence-electron chi connectivity index (χ3n) is 3.49. The average Bonchev–Trinajstić information content (AvgIpc) is 2.16. The van der Waals surface area contributed by atoms with Gasteiger partial charge in [-0.1, -0.05) is 26.7 Å². The molecule has 4 unspecified atom stereocenters. The molecule has 2 heteroatoms. The summed E-state index contributed by atoms with van der Waals surface area (Å²) in [5.41, 5.74) is 0. The highest BCUT2D eigenvalue weighted by Crippen LogP contribution is 2.33. The van der Waals surface area contributed by atoms with Crippen molar-refractivity contribution in [1.82, 2.24) is 0 Å². The van der Waals surface area contributed by atoms with E-state index in [1.165, 1.54) is 12.8 Å². The first kappa shape index (κ1) is 11.0. The van der Waals surface area contributed by atoms with Gasteiger partial charge in [0.25, 0.3) is 0 Å². The van der Waals surface area contributed by atoms with Crippen LogP contribution < -0.4 is 0 Å². The van der Waals surface area contributed by atoms with Crippen LogP contribution in [0.3, 0.4) is 0 Å². The first-order valence-corrected chi connectivity index (χ1v) is 5.41. The van der Waals surface area contributed by atoms with E-state index >= 15 is 0 Å². The van der Waals surface area contributed by atoms with Gasteiger partial charge in [0, 0.05) is 7.11 Å². The summed E-state index contributed by atoms with van der Waals surface area (Å²) in [6.07, 6.45) is 4.28. The van der Waals surface area contributed by atoms with Gasteiger partial charge >= 0.3 is 0 Å². The highest BCUT2D eigenvalue weighted by Gasteiger charge is 2.34. The Labute approximate surface area is 81.3 Å². The van der Waals surface area contributed by atoms with Crippen LogP contribution in [0.2, 0.25) is 0 Å². The topological polar surface area (TPSA) is 29.5 Å². The molecule has 0 heterocycles. The minimum Gasteiger partial charge on any atom is -0.390 e. The van der Waals surface area contributed by atoms with E-state index in [4.69, 9.17) is 4.74 Å². The lowest BCUT2D eigenvalue weighted by molar-refractivity contribution is -0.0829. The minimum absolute atomic E-state index is 0.0729. The van der Waals surface area contributed by atoms with E-state index in [1.807, 2.05) is 0 Å². The maximum Gasteiger partial charge on any atom is 0.0860 e. The number of methoxy groups -OCH3 is 1. The van der Waals surface area contributed by atoms with Crippen LogP contribution in [-0.4, -0.2) is 24.4 Å². The Kier molecular flexibility index (Phi) is 4.20. The Morgan fingerprint density at radius 1 is 1.46 bits per heavy atom. The lowest BCUT2D eigenvalue weighted by atomic mass is 9.76. The van der Waals surface area contributed by atoms with Crippen molar-refractivity contribution in [3.8, 4) is 0 Å². The largest absolute Gasteiger partial charge is 0.390 e. The standard InChI is InChI=1S/C11H22O2/c1-4-8(2)9-6-5-7-10(12)11(9)13-3/h8-12H,4-7H2,1-3H3. The molecule has 78 valence electrons. The third kappa shape index (κ3) is 2.44. The van der Waals surface area contributed by atoms with E-state index < -0.39 is 0 Å².